The van der Waals surface area contributed by atoms with Gasteiger partial charge in [0.25, 0.3) is 0 Å². The highest BCUT2D eigenvalue weighted by molar-refractivity contribution is 9.10. The first-order chi connectivity index (χ1) is 6.72. The first-order valence-corrected chi connectivity index (χ1v) is 5.94. The smallest absolute Gasteiger partial charge is 0.126 e. The first-order valence-electron chi connectivity index (χ1n) is 4.72. The van der Waals surface area contributed by atoms with Crippen LogP contribution in [0, 0.1) is 0 Å². The molecule has 14 heavy (non-hydrogen) atoms. The average Bonchev–Trinajstić information content (AvgIpc) is 2.17. The summed E-state index contributed by atoms with van der Waals surface area (Å²) in [6.45, 7) is 2.90. The zero-order chi connectivity index (χ0) is 10.4. The van der Waals surface area contributed by atoms with Crippen molar-refractivity contribution in [3.63, 3.8) is 0 Å². The van der Waals surface area contributed by atoms with Gasteiger partial charge < -0.3 is 5.32 Å². The van der Waals surface area contributed by atoms with Gasteiger partial charge in [0.1, 0.15) is 5.82 Å². The fourth-order valence-corrected chi connectivity index (χ4v) is 1.64. The highest BCUT2D eigenvalue weighted by atomic mass is 79.9. The van der Waals surface area contributed by atoms with E-state index in [1.807, 2.05) is 12.1 Å². The molecule has 0 aliphatic heterocycles. The van der Waals surface area contributed by atoms with Crippen LogP contribution in [0.1, 0.15) is 19.8 Å². The second-order valence-corrected chi connectivity index (χ2v) is 4.66. The number of rotatable bonds is 5. The number of nitrogens with one attached hydrogen (secondary N) is 1. The molecule has 0 aromatic carbocycles. The Labute approximate surface area is 98.2 Å². The molecule has 1 aromatic rings. The number of halogens is 2. The van der Waals surface area contributed by atoms with E-state index in [9.17, 15) is 0 Å². The molecule has 1 atom stereocenters. The van der Waals surface area contributed by atoms with E-state index in [0.29, 0.717) is 0 Å². The molecule has 4 heteroatoms. The van der Waals surface area contributed by atoms with E-state index in [-0.39, 0.29) is 5.38 Å². The molecule has 0 saturated carbocycles. The fraction of sp³-hybridized carbons (Fsp3) is 0.500. The molecule has 1 unspecified atom stereocenters. The maximum absolute atomic E-state index is 6.06. The first kappa shape index (κ1) is 11.8. The lowest BCUT2D eigenvalue weighted by molar-refractivity contribution is 0.750. The molecule has 0 saturated heterocycles. The molecule has 1 aromatic heterocycles. The van der Waals surface area contributed by atoms with Gasteiger partial charge in [0.2, 0.25) is 0 Å². The van der Waals surface area contributed by atoms with Crippen LogP contribution in [0.5, 0.6) is 0 Å². The molecule has 1 heterocycles. The van der Waals surface area contributed by atoms with E-state index in [0.717, 1.165) is 29.7 Å². The van der Waals surface area contributed by atoms with Gasteiger partial charge in [0.05, 0.1) is 5.38 Å². The Balaban J connectivity index is 2.34. The normalized spacial score (nSPS) is 12.5. The van der Waals surface area contributed by atoms with Gasteiger partial charge in [-0.05, 0) is 34.5 Å². The summed E-state index contributed by atoms with van der Waals surface area (Å²) in [6, 6.07) is 3.89. The summed E-state index contributed by atoms with van der Waals surface area (Å²) in [6.07, 6.45) is 3.92. The second kappa shape index (κ2) is 6.25. The molecule has 0 bridgehead atoms. The van der Waals surface area contributed by atoms with Crippen molar-refractivity contribution >= 4 is 33.3 Å². The lowest BCUT2D eigenvalue weighted by Crippen LogP contribution is -2.14. The predicted molar refractivity (Wildman–Crippen MR) is 65.0 cm³/mol. The summed E-state index contributed by atoms with van der Waals surface area (Å²) in [7, 11) is 0. The molecular formula is C10H14BrClN2. The van der Waals surface area contributed by atoms with Gasteiger partial charge in [-0.1, -0.05) is 13.3 Å². The van der Waals surface area contributed by atoms with Crippen LogP contribution >= 0.6 is 27.5 Å². The molecule has 2 nitrogen and oxygen atoms in total. The van der Waals surface area contributed by atoms with Crippen molar-refractivity contribution in [1.29, 1.82) is 0 Å². The predicted octanol–water partition coefficient (Wildman–Crippen LogP) is 3.66. The van der Waals surface area contributed by atoms with Crippen molar-refractivity contribution in [2.45, 2.75) is 25.1 Å². The standard InChI is InChI=1S/C10H14BrClN2/c1-2-3-9(12)7-14-10-5-4-8(11)6-13-10/h4-6,9H,2-3,7H2,1H3,(H,13,14). The minimum atomic E-state index is 0.186. The molecule has 1 N–H and O–H groups in total. The fourth-order valence-electron chi connectivity index (χ4n) is 1.11. The van der Waals surface area contributed by atoms with Gasteiger partial charge in [0, 0.05) is 17.2 Å². The number of pyridine rings is 1. The monoisotopic (exact) mass is 276 g/mol. The zero-order valence-corrected chi connectivity index (χ0v) is 10.5. The number of hydrogen-bond donors (Lipinski definition) is 1. The van der Waals surface area contributed by atoms with Gasteiger partial charge in [0.15, 0.2) is 0 Å². The van der Waals surface area contributed by atoms with Crippen LogP contribution in [-0.4, -0.2) is 16.9 Å². The summed E-state index contributed by atoms with van der Waals surface area (Å²) < 4.78 is 0.985. The maximum Gasteiger partial charge on any atom is 0.126 e. The summed E-state index contributed by atoms with van der Waals surface area (Å²) in [4.78, 5) is 4.19. The van der Waals surface area contributed by atoms with E-state index >= 15 is 0 Å². The number of aromatic nitrogens is 1. The Hall–Kier alpha value is -0.280. The number of nitrogens with zero attached hydrogens (tertiary/aromatic N) is 1. The molecule has 0 radical (unpaired) electrons. The molecule has 0 spiro atoms. The minimum absolute atomic E-state index is 0.186. The van der Waals surface area contributed by atoms with Crippen molar-refractivity contribution in [3.05, 3.63) is 22.8 Å². The zero-order valence-electron chi connectivity index (χ0n) is 8.13. The average molecular weight is 278 g/mol. The van der Waals surface area contributed by atoms with Crippen LogP contribution < -0.4 is 5.32 Å². The van der Waals surface area contributed by atoms with Gasteiger partial charge >= 0.3 is 0 Å². The van der Waals surface area contributed by atoms with Crippen LogP contribution in [0.15, 0.2) is 22.8 Å². The third-order valence-electron chi connectivity index (χ3n) is 1.83. The van der Waals surface area contributed by atoms with Gasteiger partial charge in [-0.2, -0.15) is 0 Å². The molecule has 0 aliphatic carbocycles. The second-order valence-electron chi connectivity index (χ2n) is 3.13. The van der Waals surface area contributed by atoms with Crippen LogP contribution in [0.4, 0.5) is 5.82 Å². The molecule has 78 valence electrons. The van der Waals surface area contributed by atoms with Crippen LogP contribution in [-0.2, 0) is 0 Å². The van der Waals surface area contributed by atoms with E-state index in [2.05, 4.69) is 33.2 Å². The highest BCUT2D eigenvalue weighted by Gasteiger charge is 2.02. The van der Waals surface area contributed by atoms with Gasteiger partial charge in [-0.15, -0.1) is 11.6 Å². The van der Waals surface area contributed by atoms with Crippen LogP contribution in [0.2, 0.25) is 0 Å². The molecule has 1 rings (SSSR count). The van der Waals surface area contributed by atoms with Crippen molar-refractivity contribution in [3.8, 4) is 0 Å². The summed E-state index contributed by atoms with van der Waals surface area (Å²) >= 11 is 9.40. The highest BCUT2D eigenvalue weighted by Crippen LogP contribution is 2.11. The molecular weight excluding hydrogens is 263 g/mol. The van der Waals surface area contributed by atoms with Crippen LogP contribution in [0.3, 0.4) is 0 Å². The van der Waals surface area contributed by atoms with Crippen molar-refractivity contribution in [2.24, 2.45) is 0 Å². The van der Waals surface area contributed by atoms with Crippen LogP contribution in [0.25, 0.3) is 0 Å². The Morgan fingerprint density at radius 1 is 1.57 bits per heavy atom. The molecule has 0 fully saturated rings. The van der Waals surface area contributed by atoms with Crippen molar-refractivity contribution < 1.29 is 0 Å². The molecule has 0 amide bonds. The lowest BCUT2D eigenvalue weighted by Gasteiger charge is -2.09. The Kier molecular flexibility index (Phi) is 5.26. The SMILES string of the molecule is CCCC(Cl)CNc1ccc(Br)cn1. The largest absolute Gasteiger partial charge is 0.369 e. The van der Waals surface area contributed by atoms with E-state index in [1.165, 1.54) is 0 Å². The Bertz CT molecular complexity index is 263. The summed E-state index contributed by atoms with van der Waals surface area (Å²) in [5.41, 5.74) is 0. The Morgan fingerprint density at radius 3 is 2.93 bits per heavy atom. The van der Waals surface area contributed by atoms with Crippen molar-refractivity contribution in [1.82, 2.24) is 4.98 Å². The minimum Gasteiger partial charge on any atom is -0.369 e. The third-order valence-corrected chi connectivity index (χ3v) is 2.68. The summed E-state index contributed by atoms with van der Waals surface area (Å²) in [5, 5.41) is 3.38. The number of hydrogen-bond acceptors (Lipinski definition) is 2. The third kappa shape index (κ3) is 4.29. The van der Waals surface area contributed by atoms with Gasteiger partial charge in [-0.25, -0.2) is 4.98 Å². The van der Waals surface area contributed by atoms with Gasteiger partial charge in [-0.3, -0.25) is 0 Å². The van der Waals surface area contributed by atoms with E-state index in [4.69, 9.17) is 11.6 Å². The topological polar surface area (TPSA) is 24.9 Å². The Morgan fingerprint density at radius 2 is 2.36 bits per heavy atom. The lowest BCUT2D eigenvalue weighted by atomic mass is 10.2. The molecule has 0 aliphatic rings. The van der Waals surface area contributed by atoms with Crippen molar-refractivity contribution in [2.75, 3.05) is 11.9 Å². The number of anilines is 1. The van der Waals surface area contributed by atoms with E-state index in [1.54, 1.807) is 6.20 Å². The maximum atomic E-state index is 6.06. The number of alkyl halides is 1. The van der Waals surface area contributed by atoms with E-state index < -0.39 is 0 Å². The quantitative estimate of drug-likeness (QED) is 0.831. The summed E-state index contributed by atoms with van der Waals surface area (Å²) in [5.74, 6) is 0.870.